The number of thiophene rings is 1. The molecule has 8 heteroatoms. The summed E-state index contributed by atoms with van der Waals surface area (Å²) in [5.74, 6) is -0.266. The van der Waals surface area contributed by atoms with E-state index in [1.54, 1.807) is 9.58 Å². The van der Waals surface area contributed by atoms with E-state index in [0.717, 1.165) is 34.4 Å². The number of fused-ring (bicyclic) bond motifs is 1. The normalized spacial score (nSPS) is 11.0. The molecule has 1 N–H and O–H groups in total. The number of carbonyl (C=O) groups excluding carboxylic acids is 2. The summed E-state index contributed by atoms with van der Waals surface area (Å²) < 4.78 is 1.78. The average molecular weight is 433 g/mol. The molecule has 2 amide bonds. The summed E-state index contributed by atoms with van der Waals surface area (Å²) in [5, 5.41) is 8.95. The zero-order valence-corrected chi connectivity index (χ0v) is 18.4. The van der Waals surface area contributed by atoms with Crippen LogP contribution in [0.5, 0.6) is 0 Å². The molecular weight excluding hydrogens is 408 g/mol. The molecule has 2 heterocycles. The van der Waals surface area contributed by atoms with E-state index in [1.807, 2.05) is 51.1 Å². The van der Waals surface area contributed by atoms with Crippen LogP contribution >= 0.6 is 22.9 Å². The van der Waals surface area contributed by atoms with Crippen LogP contribution < -0.4 is 5.32 Å². The Hall–Kier alpha value is -2.38. The van der Waals surface area contributed by atoms with Gasteiger partial charge in [0.2, 0.25) is 5.91 Å². The van der Waals surface area contributed by atoms with Crippen LogP contribution in [-0.2, 0) is 4.79 Å². The van der Waals surface area contributed by atoms with Crippen molar-refractivity contribution >= 4 is 45.0 Å². The highest BCUT2D eigenvalue weighted by atomic mass is 35.5. The lowest BCUT2D eigenvalue weighted by Gasteiger charge is -2.20. The van der Waals surface area contributed by atoms with Gasteiger partial charge in [-0.3, -0.25) is 9.59 Å². The molecule has 0 aliphatic rings. The summed E-state index contributed by atoms with van der Waals surface area (Å²) in [6, 6.07) is 9.36. The number of para-hydroxylation sites is 1. The van der Waals surface area contributed by atoms with Gasteiger partial charge in [-0.25, -0.2) is 4.68 Å². The molecule has 0 spiro atoms. The second kappa shape index (κ2) is 9.41. The molecule has 0 aliphatic heterocycles. The summed E-state index contributed by atoms with van der Waals surface area (Å²) in [4.78, 5) is 28.4. The van der Waals surface area contributed by atoms with Gasteiger partial charge in [0.1, 0.15) is 4.83 Å². The number of benzene rings is 1. The van der Waals surface area contributed by atoms with Gasteiger partial charge in [0.15, 0.2) is 0 Å². The van der Waals surface area contributed by atoms with E-state index in [9.17, 15) is 9.59 Å². The number of nitrogens with zero attached hydrogens (tertiary/aromatic N) is 3. The first-order valence-corrected chi connectivity index (χ1v) is 11.0. The van der Waals surface area contributed by atoms with Crippen LogP contribution in [0.25, 0.3) is 15.9 Å². The highest BCUT2D eigenvalue weighted by Gasteiger charge is 2.23. The van der Waals surface area contributed by atoms with Crippen LogP contribution in [0.1, 0.15) is 42.1 Å². The van der Waals surface area contributed by atoms with Crippen molar-refractivity contribution < 1.29 is 9.59 Å². The Kier molecular flexibility index (Phi) is 6.92. The number of hydrogen-bond donors (Lipinski definition) is 1. The Balaban J connectivity index is 1.92. The highest BCUT2D eigenvalue weighted by Crippen LogP contribution is 2.33. The minimum absolute atomic E-state index is 0.0660. The number of halogens is 1. The minimum atomic E-state index is -0.134. The SMILES string of the molecule is CCCNC(=O)CN(CCC)C(=O)c1cc2c(C)nn(-c3ccccc3Cl)c2s1. The van der Waals surface area contributed by atoms with E-state index < -0.39 is 0 Å². The average Bonchev–Trinajstić information content (AvgIpc) is 3.27. The van der Waals surface area contributed by atoms with E-state index in [4.69, 9.17) is 11.6 Å². The summed E-state index contributed by atoms with van der Waals surface area (Å²) in [5.41, 5.74) is 1.61. The molecule has 0 saturated carbocycles. The molecule has 0 radical (unpaired) electrons. The Morgan fingerprint density at radius 1 is 1.24 bits per heavy atom. The molecule has 0 saturated heterocycles. The van der Waals surface area contributed by atoms with E-state index in [0.29, 0.717) is 23.0 Å². The molecule has 29 heavy (non-hydrogen) atoms. The highest BCUT2D eigenvalue weighted by molar-refractivity contribution is 7.20. The largest absolute Gasteiger partial charge is 0.355 e. The molecule has 6 nitrogen and oxygen atoms in total. The van der Waals surface area contributed by atoms with Crippen LogP contribution in [-0.4, -0.2) is 46.1 Å². The molecule has 0 unspecified atom stereocenters. The summed E-state index contributed by atoms with van der Waals surface area (Å²) in [7, 11) is 0. The molecule has 0 fully saturated rings. The smallest absolute Gasteiger partial charge is 0.264 e. The lowest BCUT2D eigenvalue weighted by atomic mass is 10.2. The molecule has 1 aromatic carbocycles. The van der Waals surface area contributed by atoms with Crippen molar-refractivity contribution in [2.75, 3.05) is 19.6 Å². The van der Waals surface area contributed by atoms with Crippen molar-refractivity contribution in [3.05, 3.63) is 45.9 Å². The lowest BCUT2D eigenvalue weighted by molar-refractivity contribution is -0.121. The molecular formula is C21H25ClN4O2S. The quantitative estimate of drug-likeness (QED) is 0.572. The first-order valence-electron chi connectivity index (χ1n) is 9.76. The van der Waals surface area contributed by atoms with Gasteiger partial charge in [0.25, 0.3) is 5.91 Å². The van der Waals surface area contributed by atoms with Crippen molar-refractivity contribution in [1.29, 1.82) is 0 Å². The summed E-state index contributed by atoms with van der Waals surface area (Å²) in [6.07, 6.45) is 1.64. The summed E-state index contributed by atoms with van der Waals surface area (Å²) in [6.45, 7) is 7.12. The van der Waals surface area contributed by atoms with Gasteiger partial charge in [-0.2, -0.15) is 5.10 Å². The van der Waals surface area contributed by atoms with Crippen LogP contribution in [0.15, 0.2) is 30.3 Å². The fourth-order valence-electron chi connectivity index (χ4n) is 3.11. The van der Waals surface area contributed by atoms with Gasteiger partial charge < -0.3 is 10.2 Å². The first-order chi connectivity index (χ1) is 14.0. The third-order valence-electron chi connectivity index (χ3n) is 4.52. The molecule has 0 bridgehead atoms. The number of rotatable bonds is 8. The maximum Gasteiger partial charge on any atom is 0.264 e. The minimum Gasteiger partial charge on any atom is -0.355 e. The van der Waals surface area contributed by atoms with Crippen molar-refractivity contribution in [3.63, 3.8) is 0 Å². The predicted octanol–water partition coefficient (Wildman–Crippen LogP) is 4.43. The monoisotopic (exact) mass is 432 g/mol. The second-order valence-electron chi connectivity index (χ2n) is 6.85. The van der Waals surface area contributed by atoms with Crippen LogP contribution in [0.2, 0.25) is 5.02 Å². The topological polar surface area (TPSA) is 67.2 Å². The van der Waals surface area contributed by atoms with Crippen LogP contribution in [0.4, 0.5) is 0 Å². The molecule has 3 aromatic rings. The third-order valence-corrected chi connectivity index (χ3v) is 5.94. The maximum absolute atomic E-state index is 13.1. The molecule has 3 rings (SSSR count). The fraction of sp³-hybridized carbons (Fsp3) is 0.381. The van der Waals surface area contributed by atoms with E-state index >= 15 is 0 Å². The van der Waals surface area contributed by atoms with Crippen LogP contribution in [0.3, 0.4) is 0 Å². The number of nitrogens with one attached hydrogen (secondary N) is 1. The van der Waals surface area contributed by atoms with E-state index in [1.165, 1.54) is 11.3 Å². The Morgan fingerprint density at radius 2 is 2.00 bits per heavy atom. The standard InChI is InChI=1S/C21H25ClN4O2S/c1-4-10-23-19(27)13-25(11-5-2)20(28)18-12-15-14(3)24-26(21(15)29-18)17-9-7-6-8-16(17)22/h6-9,12H,4-5,10-11,13H2,1-3H3,(H,23,27). The van der Waals surface area contributed by atoms with Crippen molar-refractivity contribution in [2.45, 2.75) is 33.6 Å². The van der Waals surface area contributed by atoms with Gasteiger partial charge in [-0.15, -0.1) is 11.3 Å². The lowest BCUT2D eigenvalue weighted by Crippen LogP contribution is -2.41. The second-order valence-corrected chi connectivity index (χ2v) is 8.29. The predicted molar refractivity (Wildman–Crippen MR) is 118 cm³/mol. The first kappa shape index (κ1) is 21.3. The van der Waals surface area contributed by atoms with Crippen molar-refractivity contribution in [2.24, 2.45) is 0 Å². The zero-order chi connectivity index (χ0) is 21.0. The molecule has 154 valence electrons. The Bertz CT molecular complexity index is 1030. The number of carbonyl (C=O) groups is 2. The summed E-state index contributed by atoms with van der Waals surface area (Å²) >= 11 is 7.73. The van der Waals surface area contributed by atoms with E-state index in [2.05, 4.69) is 10.4 Å². The van der Waals surface area contributed by atoms with Crippen LogP contribution in [0, 0.1) is 6.92 Å². The van der Waals surface area contributed by atoms with Crippen molar-refractivity contribution in [1.82, 2.24) is 20.0 Å². The van der Waals surface area contributed by atoms with Gasteiger partial charge in [-0.1, -0.05) is 37.6 Å². The van der Waals surface area contributed by atoms with Gasteiger partial charge in [0.05, 0.1) is 27.8 Å². The molecule has 2 aromatic heterocycles. The Labute approximate surface area is 179 Å². The number of aryl methyl sites for hydroxylation is 1. The van der Waals surface area contributed by atoms with Crippen molar-refractivity contribution in [3.8, 4) is 5.69 Å². The Morgan fingerprint density at radius 3 is 2.69 bits per heavy atom. The number of hydrogen-bond acceptors (Lipinski definition) is 4. The molecule has 0 aliphatic carbocycles. The van der Waals surface area contributed by atoms with E-state index in [-0.39, 0.29) is 18.4 Å². The zero-order valence-electron chi connectivity index (χ0n) is 16.9. The van der Waals surface area contributed by atoms with Gasteiger partial charge >= 0.3 is 0 Å². The maximum atomic E-state index is 13.1. The fourth-order valence-corrected chi connectivity index (χ4v) is 4.47. The number of aromatic nitrogens is 2. The third kappa shape index (κ3) is 4.62. The number of amides is 2. The molecule has 0 atom stereocenters. The van der Waals surface area contributed by atoms with Gasteiger partial charge in [-0.05, 0) is 38.0 Å². The van der Waals surface area contributed by atoms with Gasteiger partial charge in [0, 0.05) is 18.5 Å².